The van der Waals surface area contributed by atoms with Crippen LogP contribution in [0.25, 0.3) is 0 Å². The third kappa shape index (κ3) is 4.01. The Morgan fingerprint density at radius 1 is 1.17 bits per heavy atom. The van der Waals surface area contributed by atoms with Gasteiger partial charge in [-0.05, 0) is 25.0 Å². The average molecular weight is 386 g/mol. The summed E-state index contributed by atoms with van der Waals surface area (Å²) in [7, 11) is -8.91. The van der Waals surface area contributed by atoms with Crippen molar-refractivity contribution in [1.29, 1.82) is 0 Å². The summed E-state index contributed by atoms with van der Waals surface area (Å²) in [6.45, 7) is 0.402. The van der Waals surface area contributed by atoms with E-state index in [1.807, 2.05) is 0 Å². The minimum Gasteiger partial charge on any atom is -0.380 e. The number of rotatable bonds is 4. The molecule has 0 saturated carbocycles. The van der Waals surface area contributed by atoms with Crippen LogP contribution in [0, 0.1) is 0 Å². The monoisotopic (exact) mass is 386 g/mol. The van der Waals surface area contributed by atoms with Crippen LogP contribution in [0.15, 0.2) is 29.2 Å². The summed E-state index contributed by atoms with van der Waals surface area (Å²) in [5, 5.41) is 2.74. The van der Waals surface area contributed by atoms with Crippen molar-refractivity contribution >= 4 is 25.5 Å². The van der Waals surface area contributed by atoms with Crippen LogP contribution in [0.1, 0.15) is 12.8 Å². The van der Waals surface area contributed by atoms with E-state index in [0.717, 1.165) is 12.3 Å². The molecule has 1 heterocycles. The number of sulfone groups is 1. The fraction of sp³-hybridized carbons (Fsp3) is 0.538. The summed E-state index contributed by atoms with van der Waals surface area (Å²) < 4.78 is 86.1. The van der Waals surface area contributed by atoms with Crippen molar-refractivity contribution in [3.05, 3.63) is 24.3 Å². The molecule has 1 N–H and O–H groups in total. The van der Waals surface area contributed by atoms with E-state index in [2.05, 4.69) is 5.32 Å². The second-order valence-corrected chi connectivity index (χ2v) is 9.44. The van der Waals surface area contributed by atoms with Crippen LogP contribution in [0.5, 0.6) is 0 Å². The van der Waals surface area contributed by atoms with Gasteiger partial charge < -0.3 is 5.32 Å². The van der Waals surface area contributed by atoms with E-state index in [-0.39, 0.29) is 12.2 Å². The van der Waals surface area contributed by atoms with Crippen molar-refractivity contribution in [3.8, 4) is 0 Å². The number of hydrogen-bond donors (Lipinski definition) is 1. The van der Waals surface area contributed by atoms with Gasteiger partial charge in [-0.3, -0.25) is 0 Å². The van der Waals surface area contributed by atoms with Gasteiger partial charge in [0.1, 0.15) is 0 Å². The van der Waals surface area contributed by atoms with Gasteiger partial charge in [0, 0.05) is 19.1 Å². The predicted octanol–water partition coefficient (Wildman–Crippen LogP) is 1.82. The van der Waals surface area contributed by atoms with Crippen LogP contribution in [0.2, 0.25) is 0 Å². The number of benzene rings is 1. The Morgan fingerprint density at radius 2 is 1.79 bits per heavy atom. The van der Waals surface area contributed by atoms with Crippen molar-refractivity contribution in [2.24, 2.45) is 0 Å². The number of nitrogens with zero attached hydrogens (tertiary/aromatic N) is 1. The maximum atomic E-state index is 12.8. The Kier molecular flexibility index (Phi) is 5.17. The smallest absolute Gasteiger partial charge is 0.380 e. The van der Waals surface area contributed by atoms with E-state index in [4.69, 9.17) is 0 Å². The highest BCUT2D eigenvalue weighted by molar-refractivity contribution is 7.92. The fourth-order valence-electron chi connectivity index (χ4n) is 2.53. The molecule has 0 aromatic heterocycles. The number of nitrogens with one attached hydrogen (secondary N) is 1. The van der Waals surface area contributed by atoms with E-state index < -0.39 is 36.3 Å². The molecule has 136 valence electrons. The Balaban J connectivity index is 2.29. The number of sulfonamides is 1. The molecule has 1 saturated heterocycles. The highest BCUT2D eigenvalue weighted by Crippen LogP contribution is 2.34. The zero-order valence-electron chi connectivity index (χ0n) is 12.7. The maximum Gasteiger partial charge on any atom is 0.501 e. The SMILES string of the molecule is CS(=O)(=O)N1CCCC(Nc2ccccc2S(=O)(=O)C(F)(F)F)C1. The lowest BCUT2D eigenvalue weighted by atomic mass is 10.1. The van der Waals surface area contributed by atoms with Crippen LogP contribution >= 0.6 is 0 Å². The Hall–Kier alpha value is -1.33. The lowest BCUT2D eigenvalue weighted by Gasteiger charge is -2.32. The predicted molar refractivity (Wildman–Crippen MR) is 82.7 cm³/mol. The normalized spacial score (nSPS) is 20.8. The average Bonchev–Trinajstić information content (AvgIpc) is 2.46. The van der Waals surface area contributed by atoms with E-state index >= 15 is 0 Å². The van der Waals surface area contributed by atoms with Crippen LogP contribution < -0.4 is 5.32 Å². The number of piperidine rings is 1. The second kappa shape index (κ2) is 6.52. The highest BCUT2D eigenvalue weighted by atomic mass is 32.2. The molecule has 11 heteroatoms. The molecule has 0 spiro atoms. The van der Waals surface area contributed by atoms with Crippen molar-refractivity contribution in [1.82, 2.24) is 4.31 Å². The van der Waals surface area contributed by atoms with Gasteiger partial charge in [-0.1, -0.05) is 12.1 Å². The fourth-order valence-corrected chi connectivity index (χ4v) is 4.36. The van der Waals surface area contributed by atoms with Gasteiger partial charge in [0.15, 0.2) is 0 Å². The highest BCUT2D eigenvalue weighted by Gasteiger charge is 2.48. The Labute approximate surface area is 138 Å². The number of halogens is 3. The molecule has 0 aliphatic carbocycles. The number of hydrogen-bond acceptors (Lipinski definition) is 5. The van der Waals surface area contributed by atoms with Crippen LogP contribution in [-0.2, 0) is 19.9 Å². The first-order chi connectivity index (χ1) is 10.9. The molecule has 1 fully saturated rings. The first-order valence-electron chi connectivity index (χ1n) is 7.05. The van der Waals surface area contributed by atoms with E-state index in [1.165, 1.54) is 22.5 Å². The quantitative estimate of drug-likeness (QED) is 0.853. The summed E-state index contributed by atoms with van der Waals surface area (Å²) in [6, 6.07) is 4.25. The zero-order chi connectivity index (χ0) is 18.2. The van der Waals surface area contributed by atoms with E-state index in [1.54, 1.807) is 0 Å². The van der Waals surface area contributed by atoms with Gasteiger partial charge in [0.05, 0.1) is 16.8 Å². The van der Waals surface area contributed by atoms with Gasteiger partial charge in [-0.25, -0.2) is 21.1 Å². The van der Waals surface area contributed by atoms with Crippen molar-refractivity contribution in [2.45, 2.75) is 29.3 Å². The largest absolute Gasteiger partial charge is 0.501 e. The minimum absolute atomic E-state index is 0.0687. The topological polar surface area (TPSA) is 83.6 Å². The summed E-state index contributed by atoms with van der Waals surface area (Å²) in [6.07, 6.45) is 2.10. The van der Waals surface area contributed by atoms with Gasteiger partial charge in [0.25, 0.3) is 9.84 Å². The molecule has 1 unspecified atom stereocenters. The summed E-state index contributed by atoms with van der Waals surface area (Å²) in [5.41, 5.74) is -5.59. The Bertz CT molecular complexity index is 807. The van der Waals surface area contributed by atoms with Gasteiger partial charge in [-0.15, -0.1) is 0 Å². The zero-order valence-corrected chi connectivity index (χ0v) is 14.4. The van der Waals surface area contributed by atoms with Crippen molar-refractivity contribution < 1.29 is 30.0 Å². The van der Waals surface area contributed by atoms with Crippen LogP contribution in [0.4, 0.5) is 18.9 Å². The summed E-state index contributed by atoms with van der Waals surface area (Å²) in [5.74, 6) is 0. The number of para-hydroxylation sites is 1. The molecule has 1 aliphatic rings. The van der Waals surface area contributed by atoms with E-state index in [0.29, 0.717) is 19.4 Å². The molecule has 24 heavy (non-hydrogen) atoms. The molecule has 0 radical (unpaired) electrons. The third-order valence-corrected chi connectivity index (χ3v) is 6.51. The van der Waals surface area contributed by atoms with Gasteiger partial charge >= 0.3 is 5.51 Å². The molecule has 1 atom stereocenters. The summed E-state index contributed by atoms with van der Waals surface area (Å²) in [4.78, 5) is -0.867. The molecular weight excluding hydrogens is 369 g/mol. The van der Waals surface area contributed by atoms with Gasteiger partial charge in [-0.2, -0.15) is 13.2 Å². The van der Waals surface area contributed by atoms with Crippen molar-refractivity contribution in [2.75, 3.05) is 24.7 Å². The third-order valence-electron chi connectivity index (χ3n) is 3.69. The maximum absolute atomic E-state index is 12.8. The molecule has 6 nitrogen and oxygen atoms in total. The Morgan fingerprint density at radius 3 is 2.38 bits per heavy atom. The van der Waals surface area contributed by atoms with Gasteiger partial charge in [0.2, 0.25) is 10.0 Å². The summed E-state index contributed by atoms with van der Waals surface area (Å²) >= 11 is 0. The molecular formula is C13H17F3N2O4S2. The molecule has 1 aliphatic heterocycles. The molecule has 1 aromatic carbocycles. The lowest BCUT2D eigenvalue weighted by molar-refractivity contribution is -0.0435. The standard InChI is InChI=1S/C13H17F3N2O4S2/c1-23(19,20)18-8-4-5-10(9-18)17-11-6-2-3-7-12(11)24(21,22)13(14,15)16/h2-3,6-7,10,17H,4-5,8-9H2,1H3. The van der Waals surface area contributed by atoms with Crippen LogP contribution in [-0.4, -0.2) is 52.0 Å². The minimum atomic E-state index is -5.49. The molecule has 2 rings (SSSR count). The number of alkyl halides is 3. The van der Waals surface area contributed by atoms with Crippen LogP contribution in [0.3, 0.4) is 0 Å². The molecule has 0 bridgehead atoms. The first-order valence-corrected chi connectivity index (χ1v) is 10.4. The number of anilines is 1. The lowest BCUT2D eigenvalue weighted by Crippen LogP contribution is -2.44. The first kappa shape index (κ1) is 19.0. The molecule has 1 aromatic rings. The van der Waals surface area contributed by atoms with E-state index in [9.17, 15) is 30.0 Å². The molecule has 0 amide bonds. The second-order valence-electron chi connectivity index (χ2n) is 5.55. The van der Waals surface area contributed by atoms with Crippen molar-refractivity contribution in [3.63, 3.8) is 0 Å².